The molecule has 0 radical (unpaired) electrons. The number of alkyl halides is 3. The van der Waals surface area contributed by atoms with Crippen molar-refractivity contribution in [3.05, 3.63) is 52.0 Å². The van der Waals surface area contributed by atoms with E-state index < -0.39 is 40.9 Å². The minimum absolute atomic E-state index is 0.178. The highest BCUT2D eigenvalue weighted by atomic mass is 35.5. The van der Waals surface area contributed by atoms with Crippen LogP contribution in [-0.2, 0) is 20.7 Å². The van der Waals surface area contributed by atoms with Crippen LogP contribution in [0.2, 0.25) is 5.02 Å². The molecule has 1 aromatic carbocycles. The molecule has 35 heavy (non-hydrogen) atoms. The second-order valence-corrected chi connectivity index (χ2v) is 11.4. The summed E-state index contributed by atoms with van der Waals surface area (Å²) in [6.07, 6.45) is 0.568. The van der Waals surface area contributed by atoms with E-state index in [4.69, 9.17) is 27.9 Å². The summed E-state index contributed by atoms with van der Waals surface area (Å²) < 4.78 is 46.4. The molecular formula is C26H32Cl2F3NO3. The molecule has 1 aromatic rings. The molecule has 1 N–H and O–H groups in total. The van der Waals surface area contributed by atoms with Crippen molar-refractivity contribution in [2.24, 2.45) is 23.2 Å². The molecule has 1 unspecified atom stereocenters. The van der Waals surface area contributed by atoms with E-state index in [0.717, 1.165) is 6.92 Å². The van der Waals surface area contributed by atoms with Gasteiger partial charge in [-0.2, -0.15) is 13.2 Å². The number of amides is 1. The van der Waals surface area contributed by atoms with Crippen LogP contribution in [0.3, 0.4) is 0 Å². The molecule has 0 saturated heterocycles. The summed E-state index contributed by atoms with van der Waals surface area (Å²) in [7, 11) is 0. The van der Waals surface area contributed by atoms with E-state index in [1.807, 2.05) is 0 Å². The molecule has 1 aliphatic carbocycles. The molecule has 0 bridgehead atoms. The molecule has 0 saturated carbocycles. The van der Waals surface area contributed by atoms with Gasteiger partial charge in [0.1, 0.15) is 5.60 Å². The molecule has 0 spiro atoms. The van der Waals surface area contributed by atoms with E-state index in [-0.39, 0.29) is 29.5 Å². The number of carbonyl (C=O) groups is 2. The van der Waals surface area contributed by atoms with Gasteiger partial charge in [0.15, 0.2) is 0 Å². The molecule has 3 atom stereocenters. The van der Waals surface area contributed by atoms with Crippen molar-refractivity contribution in [1.82, 2.24) is 0 Å². The lowest BCUT2D eigenvalue weighted by Gasteiger charge is -2.31. The van der Waals surface area contributed by atoms with Gasteiger partial charge in [-0.15, -0.1) is 0 Å². The number of esters is 1. The fourth-order valence-corrected chi connectivity index (χ4v) is 4.19. The van der Waals surface area contributed by atoms with Crippen LogP contribution >= 0.6 is 23.2 Å². The van der Waals surface area contributed by atoms with Crippen molar-refractivity contribution in [3.63, 3.8) is 0 Å². The third-order valence-corrected chi connectivity index (χ3v) is 6.40. The van der Waals surface area contributed by atoms with Crippen molar-refractivity contribution < 1.29 is 27.5 Å². The highest BCUT2D eigenvalue weighted by molar-refractivity contribution is 6.33. The molecular weight excluding hydrogens is 502 g/mol. The maximum Gasteiger partial charge on any atom is 0.392 e. The third kappa shape index (κ3) is 8.28. The predicted octanol–water partition coefficient (Wildman–Crippen LogP) is 7.70. The highest BCUT2D eigenvalue weighted by Gasteiger charge is 2.47. The van der Waals surface area contributed by atoms with Gasteiger partial charge in [0, 0.05) is 5.03 Å². The standard InChI is InChI=1S/C26H32Cl2F3NO3/c1-15(26(29,30)31)21(17-8-10-18(27)11-9-17)22(33)32-20-13-16(7-12-19(20)28)14-25(5,6)23(34)35-24(2,3)4/h7-8,10-13,15,17,21H,9,14H2,1-6H3,(H,32,33)/t15-,17?,21+/m1/s1. The van der Waals surface area contributed by atoms with Crippen LogP contribution in [0.4, 0.5) is 18.9 Å². The Morgan fingerprint density at radius 2 is 1.77 bits per heavy atom. The van der Waals surface area contributed by atoms with Gasteiger partial charge < -0.3 is 10.1 Å². The van der Waals surface area contributed by atoms with Crippen LogP contribution in [0, 0.1) is 23.2 Å². The molecule has 0 fully saturated rings. The lowest BCUT2D eigenvalue weighted by molar-refractivity contribution is -0.188. The normalized spacial score (nSPS) is 18.5. The van der Waals surface area contributed by atoms with Crippen LogP contribution in [0.5, 0.6) is 0 Å². The number of hydrogen-bond donors (Lipinski definition) is 1. The molecule has 194 valence electrons. The summed E-state index contributed by atoms with van der Waals surface area (Å²) in [6.45, 7) is 9.81. The van der Waals surface area contributed by atoms with Gasteiger partial charge in [-0.1, -0.05) is 48.3 Å². The SMILES string of the molecule is C[C@H]([C@H](C(=O)Nc1cc(CC(C)(C)C(=O)OC(C)(C)C)ccc1Cl)C1C=CC(Cl)=CC1)C(F)(F)F. The number of nitrogens with one attached hydrogen (secondary N) is 1. The third-order valence-electron chi connectivity index (χ3n) is 5.79. The van der Waals surface area contributed by atoms with Crippen LogP contribution in [0.15, 0.2) is 41.5 Å². The number of ether oxygens (including phenoxy) is 1. The predicted molar refractivity (Wildman–Crippen MR) is 133 cm³/mol. The molecule has 0 heterocycles. The summed E-state index contributed by atoms with van der Waals surface area (Å²) >= 11 is 12.2. The van der Waals surface area contributed by atoms with Crippen molar-refractivity contribution in [3.8, 4) is 0 Å². The molecule has 0 aliphatic heterocycles. The Hall–Kier alpha value is -1.99. The fourth-order valence-electron chi connectivity index (χ4n) is 3.87. The second-order valence-electron chi connectivity index (χ2n) is 10.6. The summed E-state index contributed by atoms with van der Waals surface area (Å²) in [4.78, 5) is 25.8. The summed E-state index contributed by atoms with van der Waals surface area (Å²) in [5, 5.41) is 3.19. The summed E-state index contributed by atoms with van der Waals surface area (Å²) in [5.41, 5.74) is -0.672. The van der Waals surface area contributed by atoms with Crippen molar-refractivity contribution in [2.45, 2.75) is 66.2 Å². The van der Waals surface area contributed by atoms with Crippen molar-refractivity contribution in [2.75, 3.05) is 5.32 Å². The molecule has 9 heteroatoms. The first-order chi connectivity index (χ1) is 15.9. The van der Waals surface area contributed by atoms with E-state index in [1.165, 1.54) is 12.2 Å². The fraction of sp³-hybridized carbons (Fsp3) is 0.538. The van der Waals surface area contributed by atoms with E-state index in [9.17, 15) is 22.8 Å². The minimum atomic E-state index is -4.57. The number of benzene rings is 1. The first-order valence-electron chi connectivity index (χ1n) is 11.3. The van der Waals surface area contributed by atoms with Gasteiger partial charge in [-0.05, 0) is 77.2 Å². The van der Waals surface area contributed by atoms with E-state index in [2.05, 4.69) is 5.32 Å². The average Bonchev–Trinajstić information content (AvgIpc) is 2.70. The summed E-state index contributed by atoms with van der Waals surface area (Å²) in [6, 6.07) is 4.83. The topological polar surface area (TPSA) is 55.4 Å². The lowest BCUT2D eigenvalue weighted by Crippen LogP contribution is -2.40. The maximum atomic E-state index is 13.6. The molecule has 2 rings (SSSR count). The molecule has 0 aromatic heterocycles. The Balaban J connectivity index is 2.28. The Morgan fingerprint density at radius 1 is 1.14 bits per heavy atom. The zero-order chi connectivity index (χ0) is 26.8. The summed E-state index contributed by atoms with van der Waals surface area (Å²) in [5.74, 6) is -5.13. The monoisotopic (exact) mass is 533 g/mol. The quantitative estimate of drug-likeness (QED) is 0.365. The van der Waals surface area contributed by atoms with E-state index in [0.29, 0.717) is 10.6 Å². The van der Waals surface area contributed by atoms with Crippen LogP contribution in [-0.4, -0.2) is 23.7 Å². The number of hydrogen-bond acceptors (Lipinski definition) is 3. The maximum absolute atomic E-state index is 13.6. The van der Waals surface area contributed by atoms with Gasteiger partial charge in [0.25, 0.3) is 0 Å². The number of halogens is 5. The lowest BCUT2D eigenvalue weighted by atomic mass is 9.78. The number of anilines is 1. The van der Waals surface area contributed by atoms with Gasteiger partial charge in [0.05, 0.1) is 28.0 Å². The van der Waals surface area contributed by atoms with Gasteiger partial charge in [0.2, 0.25) is 5.91 Å². The Labute approximate surface area is 214 Å². The highest BCUT2D eigenvalue weighted by Crippen LogP contribution is 2.40. The molecule has 4 nitrogen and oxygen atoms in total. The molecule has 1 amide bonds. The van der Waals surface area contributed by atoms with Crippen molar-refractivity contribution in [1.29, 1.82) is 0 Å². The largest absolute Gasteiger partial charge is 0.460 e. The van der Waals surface area contributed by atoms with Gasteiger partial charge in [-0.3, -0.25) is 9.59 Å². The Morgan fingerprint density at radius 3 is 2.29 bits per heavy atom. The van der Waals surface area contributed by atoms with Crippen LogP contribution in [0.1, 0.15) is 53.5 Å². The Bertz CT molecular complexity index is 1010. The first kappa shape index (κ1) is 29.2. The zero-order valence-electron chi connectivity index (χ0n) is 20.7. The van der Waals surface area contributed by atoms with Gasteiger partial charge in [-0.25, -0.2) is 0 Å². The zero-order valence-corrected chi connectivity index (χ0v) is 22.2. The smallest absolute Gasteiger partial charge is 0.392 e. The van der Waals surface area contributed by atoms with Crippen molar-refractivity contribution >= 4 is 40.8 Å². The number of allylic oxidation sites excluding steroid dienone is 4. The van der Waals surface area contributed by atoms with E-state index >= 15 is 0 Å². The van der Waals surface area contributed by atoms with Gasteiger partial charge >= 0.3 is 12.1 Å². The van der Waals surface area contributed by atoms with E-state index in [1.54, 1.807) is 58.9 Å². The van der Waals surface area contributed by atoms with Crippen LogP contribution < -0.4 is 5.32 Å². The second kappa shape index (κ2) is 11.0. The molecule has 1 aliphatic rings. The number of rotatable bonds is 7. The average molecular weight is 534 g/mol. The Kier molecular flexibility index (Phi) is 9.15. The number of carbonyl (C=O) groups excluding carboxylic acids is 2. The minimum Gasteiger partial charge on any atom is -0.460 e. The first-order valence-corrected chi connectivity index (χ1v) is 12.1. The van der Waals surface area contributed by atoms with Crippen LogP contribution in [0.25, 0.3) is 0 Å².